The molecule has 2 aliphatic rings. The van der Waals surface area contributed by atoms with Gasteiger partial charge in [0.15, 0.2) is 0 Å². The van der Waals surface area contributed by atoms with E-state index in [-0.39, 0.29) is 12.5 Å². The van der Waals surface area contributed by atoms with Crippen molar-refractivity contribution < 1.29 is 8.78 Å². The van der Waals surface area contributed by atoms with E-state index in [2.05, 4.69) is 17.0 Å². The molecule has 4 heteroatoms. The molecule has 0 spiro atoms. The predicted octanol–water partition coefficient (Wildman–Crippen LogP) is 2.32. The minimum absolute atomic E-state index is 0.0899. The second-order valence-corrected chi connectivity index (χ2v) is 6.00. The first-order valence-corrected chi connectivity index (χ1v) is 6.87. The first-order chi connectivity index (χ1) is 9.04. The molecule has 0 aliphatic carbocycles. The zero-order valence-electron chi connectivity index (χ0n) is 11.2. The number of hydrogen-bond acceptors (Lipinski definition) is 2. The van der Waals surface area contributed by atoms with Crippen LogP contribution in [-0.2, 0) is 6.54 Å². The van der Waals surface area contributed by atoms with Crippen molar-refractivity contribution in [3.63, 3.8) is 0 Å². The molecule has 0 unspecified atom stereocenters. The largest absolute Gasteiger partial charge is 0.300 e. The topological polar surface area (TPSA) is 6.48 Å². The van der Waals surface area contributed by atoms with Gasteiger partial charge in [-0.25, -0.2) is 8.78 Å². The molecule has 104 valence electrons. The van der Waals surface area contributed by atoms with Gasteiger partial charge in [-0.15, -0.1) is 0 Å². The predicted molar refractivity (Wildman–Crippen MR) is 71.1 cm³/mol. The van der Waals surface area contributed by atoms with Gasteiger partial charge in [-0.2, -0.15) is 0 Å². The Bertz CT molecular complexity index is 435. The summed E-state index contributed by atoms with van der Waals surface area (Å²) in [5.41, 5.74) is 1.21. The van der Waals surface area contributed by atoms with Crippen molar-refractivity contribution in [2.45, 2.75) is 12.5 Å². The summed E-state index contributed by atoms with van der Waals surface area (Å²) in [6.07, 6.45) is 0. The molecule has 1 aromatic rings. The molecule has 2 nitrogen and oxygen atoms in total. The summed E-state index contributed by atoms with van der Waals surface area (Å²) in [7, 11) is 1.80. The standard InChI is InChI=1S/C15H20F2N2/c1-18-8-13-9-19(7-12-5-3-2-4-6-12)10-14(13)15(16,17)11-18/h2-6,13-14H,7-11H2,1H3/t13-,14+/m1/s1. The third-order valence-electron chi connectivity index (χ3n) is 4.34. The van der Waals surface area contributed by atoms with E-state index in [0.29, 0.717) is 6.54 Å². The zero-order chi connectivity index (χ0) is 13.5. The Morgan fingerprint density at radius 3 is 2.63 bits per heavy atom. The summed E-state index contributed by atoms with van der Waals surface area (Å²) in [5.74, 6) is -2.90. The molecule has 2 aliphatic heterocycles. The highest BCUT2D eigenvalue weighted by molar-refractivity contribution is 5.15. The van der Waals surface area contributed by atoms with Gasteiger partial charge in [0.25, 0.3) is 5.92 Å². The van der Waals surface area contributed by atoms with Crippen LogP contribution < -0.4 is 0 Å². The molecule has 0 amide bonds. The van der Waals surface area contributed by atoms with Crippen LogP contribution in [0.3, 0.4) is 0 Å². The average Bonchev–Trinajstić information content (AvgIpc) is 2.72. The lowest BCUT2D eigenvalue weighted by atomic mass is 9.86. The normalized spacial score (nSPS) is 31.3. The Morgan fingerprint density at radius 1 is 1.16 bits per heavy atom. The first kappa shape index (κ1) is 13.0. The number of halogens is 2. The van der Waals surface area contributed by atoms with Gasteiger partial charge in [0.1, 0.15) is 0 Å². The monoisotopic (exact) mass is 266 g/mol. The molecule has 2 saturated heterocycles. The highest BCUT2D eigenvalue weighted by Gasteiger charge is 2.52. The van der Waals surface area contributed by atoms with Crippen molar-refractivity contribution in [1.29, 1.82) is 0 Å². The second kappa shape index (κ2) is 4.84. The van der Waals surface area contributed by atoms with Crippen molar-refractivity contribution in [2.24, 2.45) is 11.8 Å². The van der Waals surface area contributed by atoms with E-state index in [1.165, 1.54) is 5.56 Å². The van der Waals surface area contributed by atoms with Crippen LogP contribution in [-0.4, -0.2) is 48.9 Å². The molecule has 2 atom stereocenters. The molecule has 0 bridgehead atoms. The third-order valence-corrected chi connectivity index (χ3v) is 4.34. The summed E-state index contributed by atoms with van der Waals surface area (Å²) in [6, 6.07) is 10.1. The molecule has 0 saturated carbocycles. The van der Waals surface area contributed by atoms with Crippen molar-refractivity contribution in [1.82, 2.24) is 9.80 Å². The molecule has 1 aromatic carbocycles. The number of benzene rings is 1. The minimum Gasteiger partial charge on any atom is -0.300 e. The highest BCUT2D eigenvalue weighted by atomic mass is 19.3. The second-order valence-electron chi connectivity index (χ2n) is 6.00. The molecule has 3 rings (SSSR count). The maximum absolute atomic E-state index is 14.1. The Kier molecular flexibility index (Phi) is 3.31. The van der Waals surface area contributed by atoms with E-state index in [1.54, 1.807) is 11.9 Å². The van der Waals surface area contributed by atoms with E-state index in [0.717, 1.165) is 19.6 Å². The lowest BCUT2D eigenvalue weighted by molar-refractivity contribution is -0.115. The number of hydrogen-bond donors (Lipinski definition) is 0. The maximum atomic E-state index is 14.1. The summed E-state index contributed by atoms with van der Waals surface area (Å²) in [6.45, 7) is 2.81. The Morgan fingerprint density at radius 2 is 1.89 bits per heavy atom. The fourth-order valence-corrected chi connectivity index (χ4v) is 3.54. The molecule has 2 heterocycles. The smallest absolute Gasteiger partial charge is 0.264 e. The van der Waals surface area contributed by atoms with Gasteiger partial charge in [0.2, 0.25) is 0 Å². The molecular weight excluding hydrogens is 246 g/mol. The maximum Gasteiger partial charge on any atom is 0.264 e. The number of rotatable bonds is 2. The fourth-order valence-electron chi connectivity index (χ4n) is 3.54. The van der Waals surface area contributed by atoms with Crippen molar-refractivity contribution >= 4 is 0 Å². The van der Waals surface area contributed by atoms with Crippen LogP contribution in [0.2, 0.25) is 0 Å². The lowest BCUT2D eigenvalue weighted by Gasteiger charge is -2.38. The Labute approximate surface area is 113 Å². The van der Waals surface area contributed by atoms with Gasteiger partial charge in [0, 0.05) is 32.1 Å². The van der Waals surface area contributed by atoms with Gasteiger partial charge in [-0.05, 0) is 18.5 Å². The van der Waals surface area contributed by atoms with Gasteiger partial charge in [-0.1, -0.05) is 30.3 Å². The van der Waals surface area contributed by atoms with Crippen LogP contribution in [0.25, 0.3) is 0 Å². The Hall–Kier alpha value is -1.00. The summed E-state index contributed by atoms with van der Waals surface area (Å²) in [4.78, 5) is 3.95. The number of alkyl halides is 2. The van der Waals surface area contributed by atoms with E-state index >= 15 is 0 Å². The van der Waals surface area contributed by atoms with E-state index < -0.39 is 11.8 Å². The van der Waals surface area contributed by atoms with Crippen LogP contribution >= 0.6 is 0 Å². The van der Waals surface area contributed by atoms with Gasteiger partial charge >= 0.3 is 0 Å². The fraction of sp³-hybridized carbons (Fsp3) is 0.600. The molecule has 0 aromatic heterocycles. The van der Waals surface area contributed by atoms with Gasteiger partial charge in [0.05, 0.1) is 6.54 Å². The minimum atomic E-state index is -2.54. The first-order valence-electron chi connectivity index (χ1n) is 6.87. The quantitative estimate of drug-likeness (QED) is 0.810. The van der Waals surface area contributed by atoms with Crippen molar-refractivity contribution in [2.75, 3.05) is 33.2 Å². The lowest BCUT2D eigenvalue weighted by Crippen LogP contribution is -2.51. The van der Waals surface area contributed by atoms with E-state index in [4.69, 9.17) is 0 Å². The van der Waals surface area contributed by atoms with Crippen LogP contribution in [0.1, 0.15) is 5.56 Å². The third kappa shape index (κ3) is 2.65. The summed E-state index contributed by atoms with van der Waals surface area (Å²) >= 11 is 0. The average molecular weight is 266 g/mol. The number of fused-ring (bicyclic) bond motifs is 1. The SMILES string of the molecule is CN1C[C@@H]2CN(Cc3ccccc3)C[C@@H]2C(F)(F)C1. The zero-order valence-corrected chi connectivity index (χ0v) is 11.2. The molecule has 2 fully saturated rings. The number of piperidine rings is 1. The Balaban J connectivity index is 1.69. The summed E-state index contributed by atoms with van der Waals surface area (Å²) in [5, 5.41) is 0. The van der Waals surface area contributed by atoms with Crippen LogP contribution in [0, 0.1) is 11.8 Å². The summed E-state index contributed by atoms with van der Waals surface area (Å²) < 4.78 is 28.1. The van der Waals surface area contributed by atoms with Gasteiger partial charge in [-0.3, -0.25) is 4.90 Å². The molecule has 19 heavy (non-hydrogen) atoms. The van der Waals surface area contributed by atoms with E-state index in [9.17, 15) is 8.78 Å². The molecule has 0 radical (unpaired) electrons. The molecular formula is C15H20F2N2. The molecule has 0 N–H and O–H groups in total. The van der Waals surface area contributed by atoms with Crippen LogP contribution in [0.4, 0.5) is 8.78 Å². The number of nitrogens with zero attached hydrogens (tertiary/aromatic N) is 2. The van der Waals surface area contributed by atoms with Gasteiger partial charge < -0.3 is 4.90 Å². The van der Waals surface area contributed by atoms with Crippen molar-refractivity contribution in [3.8, 4) is 0 Å². The highest BCUT2D eigenvalue weighted by Crippen LogP contribution is 2.41. The van der Waals surface area contributed by atoms with Crippen molar-refractivity contribution in [3.05, 3.63) is 35.9 Å². The van der Waals surface area contributed by atoms with Crippen LogP contribution in [0.5, 0.6) is 0 Å². The number of likely N-dealkylation sites (tertiary alicyclic amines) is 2. The van der Waals surface area contributed by atoms with E-state index in [1.807, 2.05) is 18.2 Å². The van der Waals surface area contributed by atoms with Crippen LogP contribution in [0.15, 0.2) is 30.3 Å².